The summed E-state index contributed by atoms with van der Waals surface area (Å²) in [7, 11) is 0. The summed E-state index contributed by atoms with van der Waals surface area (Å²) in [6.45, 7) is 6.85. The number of amides is 3. The summed E-state index contributed by atoms with van der Waals surface area (Å²) in [5, 5.41) is 11.3. The van der Waals surface area contributed by atoms with Crippen LogP contribution in [0.1, 0.15) is 53.4 Å². The molecule has 0 bridgehead atoms. The maximum Gasteiger partial charge on any atom is 0.324 e. The number of carbonyl (C=O) groups excluding carboxylic acids is 2. The molecule has 1 rings (SSSR count). The van der Waals surface area contributed by atoms with Crippen molar-refractivity contribution in [3.8, 4) is 0 Å². The summed E-state index contributed by atoms with van der Waals surface area (Å²) in [6.07, 6.45) is 2.70. The molecular formula is C14H24N2O4. The summed E-state index contributed by atoms with van der Waals surface area (Å²) < 4.78 is 0. The van der Waals surface area contributed by atoms with Crippen LogP contribution in [0.15, 0.2) is 0 Å². The second-order valence-electron chi connectivity index (χ2n) is 6.26. The first kappa shape index (κ1) is 16.5. The van der Waals surface area contributed by atoms with Crippen LogP contribution in [0.5, 0.6) is 0 Å². The van der Waals surface area contributed by atoms with E-state index in [1.165, 1.54) is 13.8 Å². The van der Waals surface area contributed by atoms with E-state index < -0.39 is 23.3 Å². The summed E-state index contributed by atoms with van der Waals surface area (Å²) in [4.78, 5) is 36.6. The molecule has 3 amide bonds. The Morgan fingerprint density at radius 2 is 1.70 bits per heavy atom. The molecule has 0 aromatic carbocycles. The molecule has 0 aromatic rings. The minimum Gasteiger partial charge on any atom is -0.481 e. The van der Waals surface area contributed by atoms with Crippen LogP contribution in [0.25, 0.3) is 0 Å². The van der Waals surface area contributed by atoms with Crippen molar-refractivity contribution in [3.05, 3.63) is 0 Å². The molecule has 1 aliphatic rings. The highest BCUT2D eigenvalue weighted by molar-refractivity contribution is 5.96. The lowest BCUT2D eigenvalue weighted by molar-refractivity contribution is -0.149. The zero-order valence-corrected chi connectivity index (χ0v) is 12.6. The van der Waals surface area contributed by atoms with Gasteiger partial charge in [-0.3, -0.25) is 14.9 Å². The van der Waals surface area contributed by atoms with Crippen molar-refractivity contribution >= 4 is 17.9 Å². The van der Waals surface area contributed by atoms with Crippen molar-refractivity contribution in [3.63, 3.8) is 0 Å². The molecule has 6 nitrogen and oxygen atoms in total. The molecule has 2 N–H and O–H groups in total. The van der Waals surface area contributed by atoms with E-state index in [0.717, 1.165) is 19.3 Å². The largest absolute Gasteiger partial charge is 0.481 e. The van der Waals surface area contributed by atoms with Crippen LogP contribution in [0.3, 0.4) is 0 Å². The molecular weight excluding hydrogens is 260 g/mol. The Morgan fingerprint density at radius 1 is 1.20 bits per heavy atom. The number of hydrogen-bond acceptors (Lipinski definition) is 3. The summed E-state index contributed by atoms with van der Waals surface area (Å²) in [5.74, 6) is -1.60. The van der Waals surface area contributed by atoms with E-state index >= 15 is 0 Å². The Kier molecular flexibility index (Phi) is 5.14. The fraction of sp³-hybridized carbons (Fsp3) is 0.786. The number of rotatable bonds is 3. The summed E-state index contributed by atoms with van der Waals surface area (Å²) in [5.41, 5.74) is -1.18. The highest BCUT2D eigenvalue weighted by atomic mass is 16.4. The Labute approximate surface area is 119 Å². The van der Waals surface area contributed by atoms with Crippen molar-refractivity contribution in [1.82, 2.24) is 10.2 Å². The third kappa shape index (κ3) is 3.95. The number of likely N-dealkylation sites (tertiary alicyclic amines) is 1. The number of nitrogens with zero attached hydrogens (tertiary/aromatic N) is 1. The van der Waals surface area contributed by atoms with Crippen LogP contribution in [-0.2, 0) is 9.59 Å². The third-order valence-corrected chi connectivity index (χ3v) is 3.86. The van der Waals surface area contributed by atoms with Crippen LogP contribution in [-0.4, -0.2) is 40.0 Å². The molecule has 0 aromatic heterocycles. The van der Waals surface area contributed by atoms with Gasteiger partial charge in [-0.2, -0.15) is 0 Å². The molecule has 114 valence electrons. The van der Waals surface area contributed by atoms with Gasteiger partial charge in [-0.05, 0) is 47.0 Å². The number of imide groups is 1. The quantitative estimate of drug-likeness (QED) is 0.829. The molecule has 0 radical (unpaired) electrons. The van der Waals surface area contributed by atoms with Crippen molar-refractivity contribution in [2.75, 3.05) is 0 Å². The molecule has 1 fully saturated rings. The van der Waals surface area contributed by atoms with E-state index in [4.69, 9.17) is 5.11 Å². The van der Waals surface area contributed by atoms with Crippen LogP contribution >= 0.6 is 0 Å². The van der Waals surface area contributed by atoms with E-state index in [1.54, 1.807) is 4.90 Å². The van der Waals surface area contributed by atoms with Gasteiger partial charge in [0.05, 0.1) is 5.41 Å². The van der Waals surface area contributed by atoms with Gasteiger partial charge < -0.3 is 10.0 Å². The van der Waals surface area contributed by atoms with Gasteiger partial charge in [0.1, 0.15) is 0 Å². The van der Waals surface area contributed by atoms with Crippen molar-refractivity contribution in [1.29, 1.82) is 0 Å². The summed E-state index contributed by atoms with van der Waals surface area (Å²) in [6, 6.07) is -0.228. The molecule has 2 atom stereocenters. The Balaban J connectivity index is 2.61. The number of hydrogen-bond donors (Lipinski definition) is 2. The van der Waals surface area contributed by atoms with Gasteiger partial charge in [-0.15, -0.1) is 0 Å². The number of urea groups is 1. The van der Waals surface area contributed by atoms with E-state index in [1.807, 2.05) is 13.8 Å². The molecule has 1 aliphatic heterocycles. The first-order valence-corrected chi connectivity index (χ1v) is 7.00. The SMILES string of the molecule is C[C@@H]1CCC[C@H](C)N1C(=O)NC(=O)CC(C)(C)C(=O)O. The lowest BCUT2D eigenvalue weighted by atomic mass is 9.89. The minimum absolute atomic E-state index is 0.0963. The smallest absolute Gasteiger partial charge is 0.324 e. The molecule has 1 saturated heterocycles. The van der Waals surface area contributed by atoms with Crippen molar-refractivity contribution in [2.24, 2.45) is 5.41 Å². The van der Waals surface area contributed by atoms with Crippen molar-refractivity contribution in [2.45, 2.75) is 65.5 Å². The normalized spacial score (nSPS) is 23.3. The number of carboxylic acids is 1. The fourth-order valence-electron chi connectivity index (χ4n) is 2.53. The summed E-state index contributed by atoms with van der Waals surface area (Å²) >= 11 is 0. The lowest BCUT2D eigenvalue weighted by Crippen LogP contribution is -2.53. The van der Waals surface area contributed by atoms with Gasteiger partial charge in [0.2, 0.25) is 5.91 Å². The molecule has 0 spiro atoms. The van der Waals surface area contributed by atoms with Gasteiger partial charge in [-0.1, -0.05) is 0 Å². The van der Waals surface area contributed by atoms with Crippen LogP contribution in [0.4, 0.5) is 4.79 Å². The Hall–Kier alpha value is -1.59. The molecule has 0 aliphatic carbocycles. The first-order valence-electron chi connectivity index (χ1n) is 7.00. The third-order valence-electron chi connectivity index (χ3n) is 3.86. The second kappa shape index (κ2) is 6.24. The number of carboxylic acid groups (broad SMARTS) is 1. The first-order chi connectivity index (χ1) is 9.15. The van der Waals surface area contributed by atoms with Crippen LogP contribution in [0.2, 0.25) is 0 Å². The standard InChI is InChI=1S/C14H24N2O4/c1-9-6-5-7-10(2)16(9)13(20)15-11(17)8-14(3,4)12(18)19/h9-10H,5-8H2,1-4H3,(H,18,19)(H,15,17,20)/t9-,10+. The highest BCUT2D eigenvalue weighted by Crippen LogP contribution is 2.23. The Morgan fingerprint density at radius 3 is 2.15 bits per heavy atom. The van der Waals surface area contributed by atoms with Gasteiger partial charge >= 0.3 is 12.0 Å². The molecule has 0 saturated carbocycles. The monoisotopic (exact) mass is 284 g/mol. The van der Waals surface area contributed by atoms with Gasteiger partial charge in [0, 0.05) is 18.5 Å². The van der Waals surface area contributed by atoms with Gasteiger partial charge in [0.25, 0.3) is 0 Å². The van der Waals surface area contributed by atoms with Crippen molar-refractivity contribution < 1.29 is 19.5 Å². The van der Waals surface area contributed by atoms with Crippen LogP contribution in [0, 0.1) is 5.41 Å². The average Bonchev–Trinajstić information content (AvgIpc) is 2.27. The zero-order chi connectivity index (χ0) is 15.5. The topological polar surface area (TPSA) is 86.7 Å². The number of nitrogens with one attached hydrogen (secondary N) is 1. The van der Waals surface area contributed by atoms with Crippen LogP contribution < -0.4 is 5.32 Å². The Bertz CT molecular complexity index is 396. The molecule has 6 heteroatoms. The maximum atomic E-state index is 12.1. The second-order valence-corrected chi connectivity index (χ2v) is 6.26. The number of piperidine rings is 1. The lowest BCUT2D eigenvalue weighted by Gasteiger charge is -2.38. The zero-order valence-electron chi connectivity index (χ0n) is 12.6. The molecule has 20 heavy (non-hydrogen) atoms. The fourth-order valence-corrected chi connectivity index (χ4v) is 2.53. The predicted molar refractivity (Wildman–Crippen MR) is 74.2 cm³/mol. The van der Waals surface area contributed by atoms with Gasteiger partial charge in [-0.25, -0.2) is 4.79 Å². The molecule has 1 heterocycles. The number of aliphatic carboxylic acids is 1. The van der Waals surface area contributed by atoms with E-state index in [-0.39, 0.29) is 18.5 Å². The van der Waals surface area contributed by atoms with Gasteiger partial charge in [0.15, 0.2) is 0 Å². The van der Waals surface area contributed by atoms with E-state index in [9.17, 15) is 14.4 Å². The van der Waals surface area contributed by atoms with E-state index in [2.05, 4.69) is 5.32 Å². The molecule has 0 unspecified atom stereocenters. The minimum atomic E-state index is -1.18. The number of carbonyl (C=O) groups is 3. The predicted octanol–water partition coefficient (Wildman–Crippen LogP) is 1.99. The van der Waals surface area contributed by atoms with E-state index in [0.29, 0.717) is 0 Å². The maximum absolute atomic E-state index is 12.1. The highest BCUT2D eigenvalue weighted by Gasteiger charge is 2.33. The average molecular weight is 284 g/mol.